The number of primary amides is 2. The highest BCUT2D eigenvalue weighted by atomic mass is 32.1. The Hall–Kier alpha value is -1.04. The second-order valence-corrected chi connectivity index (χ2v) is 7.08. The van der Waals surface area contributed by atoms with E-state index < -0.39 is 11.8 Å². The van der Waals surface area contributed by atoms with Crippen molar-refractivity contribution in [1.82, 2.24) is 0 Å². The molecule has 0 aliphatic rings. The van der Waals surface area contributed by atoms with Gasteiger partial charge >= 0.3 is 0 Å². The molecule has 0 rings (SSSR count). The van der Waals surface area contributed by atoms with E-state index in [-0.39, 0.29) is 23.9 Å². The highest BCUT2D eigenvalue weighted by Crippen LogP contribution is 2.14. The molecule has 1 atom stereocenters. The Morgan fingerprint density at radius 3 is 1.44 bits per heavy atom. The molecule has 0 bridgehead atoms. The second-order valence-electron chi connectivity index (χ2n) is 6.64. The largest absolute Gasteiger partial charge is 0.370 e. The molecule has 5 nitrogen and oxygen atoms in total. The van der Waals surface area contributed by atoms with Crippen LogP contribution in [0.15, 0.2) is 0 Å². The van der Waals surface area contributed by atoms with E-state index in [9.17, 15) is 14.4 Å². The highest BCUT2D eigenvalue weighted by Gasteiger charge is 2.07. The van der Waals surface area contributed by atoms with Crippen LogP contribution in [0.3, 0.4) is 0 Å². The molecule has 0 fully saturated rings. The van der Waals surface area contributed by atoms with Crippen LogP contribution < -0.4 is 11.5 Å². The van der Waals surface area contributed by atoms with Crippen molar-refractivity contribution in [3.8, 4) is 0 Å². The summed E-state index contributed by atoms with van der Waals surface area (Å²) in [6.07, 6.45) is 14.6. The fraction of sp³-hybridized carbons (Fsp3) is 0.842. The molecule has 2 amide bonds. The molecule has 148 valence electrons. The summed E-state index contributed by atoms with van der Waals surface area (Å²) < 4.78 is 0. The maximum atomic E-state index is 10.9. The molecule has 0 saturated carbocycles. The summed E-state index contributed by atoms with van der Waals surface area (Å²) in [5.41, 5.74) is 9.39. The standard InChI is InChI=1S/C15H30OS.C4H8N2O2/c1-3-4-5-6-7-8-9-10-11-12-13-14(2)15(16)17;5-3(7)1-2-4(6)8/h14H,3-13H2,1-2H3,(H,16,17);1-2H2,(H2,5,7)(H2,6,8). The fourth-order valence-corrected chi connectivity index (χ4v) is 2.44. The lowest BCUT2D eigenvalue weighted by atomic mass is 10.0. The number of hydrogen-bond acceptors (Lipinski definition) is 3. The van der Waals surface area contributed by atoms with E-state index in [0.29, 0.717) is 0 Å². The Labute approximate surface area is 159 Å². The maximum Gasteiger partial charge on any atom is 0.217 e. The lowest BCUT2D eigenvalue weighted by Crippen LogP contribution is -2.16. The van der Waals surface area contributed by atoms with E-state index in [4.69, 9.17) is 11.5 Å². The van der Waals surface area contributed by atoms with Gasteiger partial charge in [-0.3, -0.25) is 14.4 Å². The monoisotopic (exact) mass is 374 g/mol. The van der Waals surface area contributed by atoms with Crippen LogP contribution in [0.1, 0.15) is 97.3 Å². The van der Waals surface area contributed by atoms with Gasteiger partial charge in [-0.25, -0.2) is 0 Å². The van der Waals surface area contributed by atoms with E-state index in [0.717, 1.165) is 6.42 Å². The van der Waals surface area contributed by atoms with Crippen LogP contribution in [0, 0.1) is 5.92 Å². The van der Waals surface area contributed by atoms with Crippen LogP contribution in [0.4, 0.5) is 0 Å². The molecular formula is C19H38N2O3S. The van der Waals surface area contributed by atoms with Crippen molar-refractivity contribution >= 4 is 29.6 Å². The summed E-state index contributed by atoms with van der Waals surface area (Å²) in [7, 11) is 0. The minimum atomic E-state index is -0.496. The van der Waals surface area contributed by atoms with Gasteiger partial charge in [-0.2, -0.15) is 0 Å². The Balaban J connectivity index is 0. The van der Waals surface area contributed by atoms with E-state index >= 15 is 0 Å². The molecular weight excluding hydrogens is 336 g/mol. The van der Waals surface area contributed by atoms with Gasteiger partial charge in [-0.05, 0) is 6.42 Å². The number of unbranched alkanes of at least 4 members (excludes halogenated alkanes) is 9. The van der Waals surface area contributed by atoms with Crippen LogP contribution in [-0.4, -0.2) is 16.9 Å². The number of hydrogen-bond donors (Lipinski definition) is 3. The van der Waals surface area contributed by atoms with E-state index in [2.05, 4.69) is 19.6 Å². The van der Waals surface area contributed by atoms with Crippen molar-refractivity contribution in [2.24, 2.45) is 17.4 Å². The first-order valence-electron chi connectivity index (χ1n) is 9.60. The lowest BCUT2D eigenvalue weighted by Gasteiger charge is -2.06. The van der Waals surface area contributed by atoms with Crippen molar-refractivity contribution in [3.63, 3.8) is 0 Å². The smallest absolute Gasteiger partial charge is 0.217 e. The quantitative estimate of drug-likeness (QED) is 0.296. The molecule has 0 aromatic carbocycles. The van der Waals surface area contributed by atoms with Gasteiger partial charge in [0.2, 0.25) is 11.8 Å². The average Bonchev–Trinajstić information content (AvgIpc) is 2.55. The van der Waals surface area contributed by atoms with Gasteiger partial charge in [-0.15, -0.1) is 12.6 Å². The van der Waals surface area contributed by atoms with Gasteiger partial charge < -0.3 is 11.5 Å². The van der Waals surface area contributed by atoms with Crippen molar-refractivity contribution in [3.05, 3.63) is 0 Å². The molecule has 4 N–H and O–H groups in total. The third-order valence-electron chi connectivity index (χ3n) is 4.03. The Bertz CT molecular complexity index is 349. The Morgan fingerprint density at radius 1 is 0.760 bits per heavy atom. The Kier molecular flexibility index (Phi) is 20.2. The number of carbonyl (C=O) groups excluding carboxylic acids is 3. The summed E-state index contributed by atoms with van der Waals surface area (Å²) in [5.74, 6) is -0.847. The first kappa shape index (κ1) is 26.2. The normalized spacial score (nSPS) is 11.3. The number of nitrogens with two attached hydrogens (primary N) is 2. The SMILES string of the molecule is CCCCCCCCCCCCC(C)C(=O)S.NC(=O)CCC(N)=O. The van der Waals surface area contributed by atoms with Crippen LogP contribution >= 0.6 is 12.6 Å². The zero-order valence-corrected chi connectivity index (χ0v) is 17.0. The summed E-state index contributed by atoms with van der Waals surface area (Å²) in [4.78, 5) is 30.7. The summed E-state index contributed by atoms with van der Waals surface area (Å²) >= 11 is 3.85. The van der Waals surface area contributed by atoms with Crippen LogP contribution in [-0.2, 0) is 14.4 Å². The number of rotatable bonds is 15. The number of carbonyl (C=O) groups is 3. The molecule has 1 unspecified atom stereocenters. The van der Waals surface area contributed by atoms with Crippen molar-refractivity contribution in [2.75, 3.05) is 0 Å². The lowest BCUT2D eigenvalue weighted by molar-refractivity contribution is -0.123. The Morgan fingerprint density at radius 2 is 1.12 bits per heavy atom. The first-order valence-corrected chi connectivity index (χ1v) is 10.0. The third kappa shape index (κ3) is 25.3. The van der Waals surface area contributed by atoms with Crippen molar-refractivity contribution < 1.29 is 14.4 Å². The van der Waals surface area contributed by atoms with Gasteiger partial charge in [0.1, 0.15) is 0 Å². The van der Waals surface area contributed by atoms with E-state index in [1.54, 1.807) is 0 Å². The maximum absolute atomic E-state index is 10.9. The predicted molar refractivity (Wildman–Crippen MR) is 107 cm³/mol. The summed E-state index contributed by atoms with van der Waals surface area (Å²) in [5, 5.41) is 0.0425. The van der Waals surface area contributed by atoms with Gasteiger partial charge in [-0.1, -0.05) is 78.1 Å². The van der Waals surface area contributed by atoms with Crippen LogP contribution in [0.25, 0.3) is 0 Å². The molecule has 0 saturated heterocycles. The minimum absolute atomic E-state index is 0.0425. The topological polar surface area (TPSA) is 103 Å². The zero-order chi connectivity index (χ0) is 19.5. The molecule has 0 aliphatic heterocycles. The zero-order valence-electron chi connectivity index (χ0n) is 16.1. The summed E-state index contributed by atoms with van der Waals surface area (Å²) in [6, 6.07) is 0. The number of amides is 2. The van der Waals surface area contributed by atoms with Gasteiger partial charge in [0, 0.05) is 18.8 Å². The van der Waals surface area contributed by atoms with E-state index in [1.807, 2.05) is 6.92 Å². The van der Waals surface area contributed by atoms with Gasteiger partial charge in [0.25, 0.3) is 0 Å². The molecule has 0 aromatic rings. The molecule has 0 aliphatic carbocycles. The van der Waals surface area contributed by atoms with Crippen molar-refractivity contribution in [2.45, 2.75) is 97.3 Å². The van der Waals surface area contributed by atoms with Crippen molar-refractivity contribution in [1.29, 1.82) is 0 Å². The molecule has 0 spiro atoms. The third-order valence-corrected chi connectivity index (χ3v) is 4.47. The molecule has 6 heteroatoms. The second kappa shape index (κ2) is 19.3. The molecule has 0 radical (unpaired) electrons. The van der Waals surface area contributed by atoms with Crippen LogP contribution in [0.2, 0.25) is 0 Å². The molecule has 0 aromatic heterocycles. The molecule has 25 heavy (non-hydrogen) atoms. The fourth-order valence-electron chi connectivity index (χ4n) is 2.31. The van der Waals surface area contributed by atoms with Gasteiger partial charge in [0.15, 0.2) is 5.12 Å². The first-order chi connectivity index (χ1) is 11.8. The van der Waals surface area contributed by atoms with Crippen LogP contribution in [0.5, 0.6) is 0 Å². The summed E-state index contributed by atoms with van der Waals surface area (Å²) in [6.45, 7) is 4.24. The highest BCUT2D eigenvalue weighted by molar-refractivity contribution is 7.96. The minimum Gasteiger partial charge on any atom is -0.370 e. The van der Waals surface area contributed by atoms with Gasteiger partial charge in [0.05, 0.1) is 0 Å². The number of thiol groups is 1. The predicted octanol–water partition coefficient (Wildman–Crippen LogP) is 4.13. The average molecular weight is 375 g/mol. The van der Waals surface area contributed by atoms with E-state index in [1.165, 1.54) is 64.2 Å². The molecule has 0 heterocycles.